The van der Waals surface area contributed by atoms with E-state index in [1.165, 1.54) is 0 Å². The van der Waals surface area contributed by atoms with Gasteiger partial charge in [0.05, 0.1) is 6.42 Å². The number of carboxylic acids is 1. The first-order valence-electron chi connectivity index (χ1n) is 4.25. The Morgan fingerprint density at radius 1 is 1.29 bits per heavy atom. The normalized spacial score (nSPS) is 22.6. The highest BCUT2D eigenvalue weighted by molar-refractivity contribution is 5.68. The maximum absolute atomic E-state index is 13.5. The summed E-state index contributed by atoms with van der Waals surface area (Å²) < 4.78 is 50.4. The van der Waals surface area contributed by atoms with Crippen LogP contribution in [-0.4, -0.2) is 22.9 Å². The first-order valence-corrected chi connectivity index (χ1v) is 4.25. The number of hydrogen-bond donors (Lipinski definition) is 1. The average Bonchev–Trinajstić information content (AvgIpc) is 1.76. The van der Waals surface area contributed by atoms with Crippen LogP contribution in [0.1, 0.15) is 25.7 Å². The van der Waals surface area contributed by atoms with Crippen molar-refractivity contribution in [3.8, 4) is 0 Å². The third-order valence-electron chi connectivity index (χ3n) is 2.63. The van der Waals surface area contributed by atoms with Crippen LogP contribution in [0, 0.1) is 5.92 Å². The summed E-state index contributed by atoms with van der Waals surface area (Å²) >= 11 is 0. The zero-order valence-corrected chi connectivity index (χ0v) is 7.27. The minimum absolute atomic E-state index is 0.114. The topological polar surface area (TPSA) is 37.3 Å². The van der Waals surface area contributed by atoms with Crippen LogP contribution >= 0.6 is 0 Å². The van der Waals surface area contributed by atoms with Crippen molar-refractivity contribution < 1.29 is 27.5 Å². The van der Waals surface area contributed by atoms with Crippen molar-refractivity contribution in [2.45, 2.75) is 37.5 Å². The first-order chi connectivity index (χ1) is 6.27. The van der Waals surface area contributed by atoms with Gasteiger partial charge in [-0.3, -0.25) is 4.79 Å². The Bertz CT molecular complexity index is 234. The molecule has 1 atom stereocenters. The number of carbonyl (C=O) groups is 1. The molecule has 0 radical (unpaired) electrons. The maximum Gasteiger partial charge on any atom is 0.423 e. The molecule has 1 rings (SSSR count). The van der Waals surface area contributed by atoms with Crippen molar-refractivity contribution in [1.82, 2.24) is 0 Å². The third-order valence-corrected chi connectivity index (χ3v) is 2.63. The smallest absolute Gasteiger partial charge is 0.423 e. The molecule has 82 valence electrons. The summed E-state index contributed by atoms with van der Waals surface area (Å²) in [6.07, 6.45) is -5.81. The minimum Gasteiger partial charge on any atom is -0.481 e. The number of carboxylic acid groups (broad SMARTS) is 1. The Hall–Kier alpha value is -0.810. The summed E-state index contributed by atoms with van der Waals surface area (Å²) in [6.45, 7) is 0. The Morgan fingerprint density at radius 3 is 2.00 bits per heavy atom. The first kappa shape index (κ1) is 11.3. The fraction of sp³-hybridized carbons (Fsp3) is 0.875. The van der Waals surface area contributed by atoms with E-state index < -0.39 is 30.2 Å². The standard InChI is InChI=1S/C8H10F4O2/c9-7(4-6(13)14,8(10,11)12)5-2-1-3-5/h5H,1-4H2,(H,13,14). The molecule has 1 aliphatic rings. The predicted octanol–water partition coefficient (Wildman–Crippen LogP) is 2.53. The van der Waals surface area contributed by atoms with E-state index in [0.29, 0.717) is 6.42 Å². The van der Waals surface area contributed by atoms with Crippen molar-refractivity contribution in [1.29, 1.82) is 0 Å². The molecule has 0 amide bonds. The van der Waals surface area contributed by atoms with E-state index in [9.17, 15) is 22.4 Å². The second kappa shape index (κ2) is 3.40. The molecule has 0 aromatic carbocycles. The van der Waals surface area contributed by atoms with Gasteiger partial charge >= 0.3 is 12.1 Å². The van der Waals surface area contributed by atoms with Gasteiger partial charge in [0.1, 0.15) is 0 Å². The average molecular weight is 214 g/mol. The number of aliphatic carboxylic acids is 1. The Morgan fingerprint density at radius 2 is 1.79 bits per heavy atom. The van der Waals surface area contributed by atoms with Crippen LogP contribution in [0.15, 0.2) is 0 Å². The summed E-state index contributed by atoms with van der Waals surface area (Å²) in [5, 5.41) is 8.24. The molecule has 0 aromatic rings. The number of rotatable bonds is 3. The molecule has 14 heavy (non-hydrogen) atoms. The van der Waals surface area contributed by atoms with E-state index in [4.69, 9.17) is 5.11 Å². The van der Waals surface area contributed by atoms with E-state index >= 15 is 0 Å². The summed E-state index contributed by atoms with van der Waals surface area (Å²) in [4.78, 5) is 10.2. The molecule has 1 N–H and O–H groups in total. The summed E-state index contributed by atoms with van der Waals surface area (Å²) in [6, 6.07) is 0. The molecule has 0 aromatic heterocycles. The van der Waals surface area contributed by atoms with Crippen LogP contribution in [0.25, 0.3) is 0 Å². The van der Waals surface area contributed by atoms with Crippen molar-refractivity contribution in [3.63, 3.8) is 0 Å². The zero-order valence-electron chi connectivity index (χ0n) is 7.27. The van der Waals surface area contributed by atoms with Gasteiger partial charge < -0.3 is 5.11 Å². The van der Waals surface area contributed by atoms with Crippen LogP contribution in [0.3, 0.4) is 0 Å². The van der Waals surface area contributed by atoms with Crippen LogP contribution in [0.4, 0.5) is 17.6 Å². The van der Waals surface area contributed by atoms with Gasteiger partial charge in [0.2, 0.25) is 5.67 Å². The highest BCUT2D eigenvalue weighted by atomic mass is 19.4. The molecule has 2 nitrogen and oxygen atoms in total. The van der Waals surface area contributed by atoms with Crippen molar-refractivity contribution >= 4 is 5.97 Å². The molecule has 0 heterocycles. The van der Waals surface area contributed by atoms with Gasteiger partial charge in [0, 0.05) is 5.92 Å². The monoisotopic (exact) mass is 214 g/mol. The lowest BCUT2D eigenvalue weighted by molar-refractivity contribution is -0.259. The van der Waals surface area contributed by atoms with Gasteiger partial charge in [-0.1, -0.05) is 6.42 Å². The summed E-state index contributed by atoms with van der Waals surface area (Å²) in [7, 11) is 0. The minimum atomic E-state index is -5.09. The molecule has 1 aliphatic carbocycles. The Balaban J connectivity index is 2.83. The van der Waals surface area contributed by atoms with Crippen molar-refractivity contribution in [3.05, 3.63) is 0 Å². The number of hydrogen-bond acceptors (Lipinski definition) is 1. The van der Waals surface area contributed by atoms with Gasteiger partial charge in [0.25, 0.3) is 0 Å². The van der Waals surface area contributed by atoms with E-state index in [1.807, 2.05) is 0 Å². The van der Waals surface area contributed by atoms with Gasteiger partial charge in [-0.15, -0.1) is 0 Å². The SMILES string of the molecule is O=C(O)CC(F)(C1CCC1)C(F)(F)F. The van der Waals surface area contributed by atoms with E-state index in [0.717, 1.165) is 0 Å². The molecule has 1 fully saturated rings. The summed E-state index contributed by atoms with van der Waals surface area (Å²) in [5.41, 5.74) is -3.54. The second-order valence-corrected chi connectivity index (χ2v) is 3.56. The van der Waals surface area contributed by atoms with E-state index in [2.05, 4.69) is 0 Å². The van der Waals surface area contributed by atoms with Crippen molar-refractivity contribution in [2.24, 2.45) is 5.92 Å². The highest BCUT2D eigenvalue weighted by Crippen LogP contribution is 2.49. The quantitative estimate of drug-likeness (QED) is 0.733. The van der Waals surface area contributed by atoms with Crippen molar-refractivity contribution in [2.75, 3.05) is 0 Å². The fourth-order valence-corrected chi connectivity index (χ4v) is 1.56. The molecule has 0 spiro atoms. The molecular weight excluding hydrogens is 204 g/mol. The molecular formula is C8H10F4O2. The van der Waals surface area contributed by atoms with E-state index in [-0.39, 0.29) is 12.8 Å². The van der Waals surface area contributed by atoms with Gasteiger partial charge in [-0.2, -0.15) is 13.2 Å². The third kappa shape index (κ3) is 1.83. The molecule has 1 saturated carbocycles. The lowest BCUT2D eigenvalue weighted by Gasteiger charge is -2.39. The van der Waals surface area contributed by atoms with Gasteiger partial charge in [-0.25, -0.2) is 4.39 Å². The number of alkyl halides is 4. The maximum atomic E-state index is 13.5. The van der Waals surface area contributed by atoms with Gasteiger partial charge in [0.15, 0.2) is 0 Å². The Labute approximate surface area is 77.9 Å². The van der Waals surface area contributed by atoms with Crippen LogP contribution in [-0.2, 0) is 4.79 Å². The van der Waals surface area contributed by atoms with Gasteiger partial charge in [-0.05, 0) is 12.8 Å². The van der Waals surface area contributed by atoms with Crippen LogP contribution in [0.2, 0.25) is 0 Å². The second-order valence-electron chi connectivity index (χ2n) is 3.56. The largest absolute Gasteiger partial charge is 0.481 e. The van der Waals surface area contributed by atoms with E-state index in [1.54, 1.807) is 0 Å². The summed E-state index contributed by atoms with van der Waals surface area (Å²) in [5.74, 6) is -2.93. The molecule has 0 aliphatic heterocycles. The van der Waals surface area contributed by atoms with Crippen LogP contribution in [0.5, 0.6) is 0 Å². The lowest BCUT2D eigenvalue weighted by atomic mass is 9.72. The molecule has 1 unspecified atom stereocenters. The fourth-order valence-electron chi connectivity index (χ4n) is 1.56. The molecule has 0 bridgehead atoms. The number of halogens is 4. The molecule has 6 heteroatoms. The molecule has 0 saturated heterocycles. The van der Waals surface area contributed by atoms with Crippen LogP contribution < -0.4 is 0 Å². The Kier molecular flexibility index (Phi) is 2.74. The highest BCUT2D eigenvalue weighted by Gasteiger charge is 2.62. The zero-order chi connectivity index (χ0) is 11.0. The predicted molar refractivity (Wildman–Crippen MR) is 39.5 cm³/mol. The lowest BCUT2D eigenvalue weighted by Crippen LogP contribution is -2.51.